The van der Waals surface area contributed by atoms with Gasteiger partial charge in [0, 0.05) is 29.8 Å². The predicted molar refractivity (Wildman–Crippen MR) is 64.9 cm³/mol. The van der Waals surface area contributed by atoms with E-state index in [4.69, 9.17) is 0 Å². The number of carbonyl (C=O) groups is 1. The van der Waals surface area contributed by atoms with Crippen molar-refractivity contribution in [2.75, 3.05) is 13.1 Å². The van der Waals surface area contributed by atoms with Gasteiger partial charge in [-0.1, -0.05) is 0 Å². The van der Waals surface area contributed by atoms with Gasteiger partial charge < -0.3 is 0 Å². The molecule has 92 valence electrons. The lowest BCUT2D eigenvalue weighted by Crippen LogP contribution is -2.40. The Labute approximate surface area is 108 Å². The maximum absolute atomic E-state index is 12.2. The van der Waals surface area contributed by atoms with Crippen LogP contribution in [0.25, 0.3) is 0 Å². The molecule has 1 aliphatic heterocycles. The molecule has 0 N–H and O–H groups in total. The van der Waals surface area contributed by atoms with E-state index >= 15 is 0 Å². The van der Waals surface area contributed by atoms with E-state index in [1.807, 2.05) is 0 Å². The zero-order valence-electron chi connectivity index (χ0n) is 8.97. The van der Waals surface area contributed by atoms with Crippen LogP contribution in [0.1, 0.15) is 12.8 Å². The van der Waals surface area contributed by atoms with Crippen LogP contribution in [-0.4, -0.2) is 36.6 Å². The molecule has 1 saturated heterocycles. The number of pyridine rings is 1. The predicted octanol–water partition coefficient (Wildman–Crippen LogP) is 1.20. The van der Waals surface area contributed by atoms with Crippen LogP contribution < -0.4 is 0 Å². The van der Waals surface area contributed by atoms with Gasteiger partial charge in [-0.25, -0.2) is 8.42 Å². The Morgan fingerprint density at radius 3 is 2.76 bits per heavy atom. The van der Waals surface area contributed by atoms with Gasteiger partial charge in [0.2, 0.25) is 10.0 Å². The van der Waals surface area contributed by atoms with Gasteiger partial charge in [0.15, 0.2) is 0 Å². The number of Topliss-reactive ketones (excluding diaryl/α,β-unsaturated/α-hetero) is 1. The molecule has 0 aliphatic carbocycles. The highest BCUT2D eigenvalue weighted by atomic mass is 79.9. The highest BCUT2D eigenvalue weighted by Gasteiger charge is 2.29. The number of aromatic nitrogens is 1. The van der Waals surface area contributed by atoms with Gasteiger partial charge in [0.1, 0.15) is 10.7 Å². The molecule has 0 unspecified atom stereocenters. The molecule has 7 heteroatoms. The summed E-state index contributed by atoms with van der Waals surface area (Å²) in [7, 11) is -3.60. The Kier molecular flexibility index (Phi) is 3.60. The molecule has 1 fully saturated rings. The van der Waals surface area contributed by atoms with Gasteiger partial charge in [-0.2, -0.15) is 4.31 Å². The van der Waals surface area contributed by atoms with Gasteiger partial charge in [-0.3, -0.25) is 9.78 Å². The van der Waals surface area contributed by atoms with Gasteiger partial charge in [0.25, 0.3) is 0 Å². The average molecular weight is 319 g/mol. The summed E-state index contributed by atoms with van der Waals surface area (Å²) in [5, 5.41) is 0. The van der Waals surface area contributed by atoms with E-state index in [1.165, 1.54) is 22.8 Å². The van der Waals surface area contributed by atoms with Crippen LogP contribution in [0.2, 0.25) is 0 Å². The van der Waals surface area contributed by atoms with Crippen molar-refractivity contribution >= 4 is 31.7 Å². The second kappa shape index (κ2) is 4.83. The van der Waals surface area contributed by atoms with Crippen LogP contribution >= 0.6 is 15.9 Å². The van der Waals surface area contributed by atoms with Crippen LogP contribution in [0.4, 0.5) is 0 Å². The minimum absolute atomic E-state index is 0.0329. The molecule has 1 aromatic rings. The van der Waals surface area contributed by atoms with Crippen molar-refractivity contribution in [3.63, 3.8) is 0 Å². The molecule has 5 nitrogen and oxygen atoms in total. The molecule has 0 aromatic carbocycles. The normalized spacial score (nSPS) is 18.3. The molecule has 2 rings (SSSR count). The number of rotatable bonds is 2. The molecule has 0 atom stereocenters. The van der Waals surface area contributed by atoms with Crippen molar-refractivity contribution in [3.8, 4) is 0 Å². The van der Waals surface area contributed by atoms with Crippen molar-refractivity contribution < 1.29 is 13.2 Å². The molecule has 0 radical (unpaired) electrons. The monoisotopic (exact) mass is 318 g/mol. The number of carbonyl (C=O) groups excluding carboxylic acids is 1. The summed E-state index contributed by atoms with van der Waals surface area (Å²) >= 11 is 3.18. The topological polar surface area (TPSA) is 67.3 Å². The van der Waals surface area contributed by atoms with Gasteiger partial charge in [-0.05, 0) is 28.4 Å². The van der Waals surface area contributed by atoms with Crippen LogP contribution in [-0.2, 0) is 14.8 Å². The number of piperidine rings is 1. The maximum Gasteiger partial charge on any atom is 0.245 e. The molecule has 1 aliphatic rings. The molecule has 17 heavy (non-hydrogen) atoms. The number of hydrogen-bond donors (Lipinski definition) is 0. The molecule has 0 bridgehead atoms. The van der Waals surface area contributed by atoms with E-state index in [0.29, 0.717) is 23.9 Å². The van der Waals surface area contributed by atoms with Crippen molar-refractivity contribution in [1.29, 1.82) is 0 Å². The second-order valence-electron chi connectivity index (χ2n) is 3.82. The van der Waals surface area contributed by atoms with Crippen molar-refractivity contribution in [2.24, 2.45) is 0 Å². The zero-order valence-corrected chi connectivity index (χ0v) is 11.4. The fraction of sp³-hybridized carbons (Fsp3) is 0.400. The first kappa shape index (κ1) is 12.7. The van der Waals surface area contributed by atoms with Crippen molar-refractivity contribution in [2.45, 2.75) is 17.7 Å². The standard InChI is InChI=1S/C10H11BrN2O3S/c11-8-4-10(6-12-5-8)17(15,16)13-3-1-2-9(14)7-13/h4-6H,1-3,7H2. The van der Waals surface area contributed by atoms with E-state index in [0.717, 1.165) is 0 Å². The summed E-state index contributed by atoms with van der Waals surface area (Å²) in [6.45, 7) is 0.357. The number of ketones is 1. The Balaban J connectivity index is 2.33. The average Bonchev–Trinajstić information content (AvgIpc) is 2.29. The van der Waals surface area contributed by atoms with Crippen LogP contribution in [0.15, 0.2) is 27.8 Å². The minimum atomic E-state index is -3.60. The number of nitrogens with zero attached hydrogens (tertiary/aromatic N) is 2. The number of hydrogen-bond acceptors (Lipinski definition) is 4. The first-order chi connectivity index (χ1) is 8.00. The van der Waals surface area contributed by atoms with Crippen molar-refractivity contribution in [3.05, 3.63) is 22.9 Å². The lowest BCUT2D eigenvalue weighted by atomic mass is 10.1. The van der Waals surface area contributed by atoms with E-state index in [9.17, 15) is 13.2 Å². The highest BCUT2D eigenvalue weighted by Crippen LogP contribution is 2.21. The fourth-order valence-corrected chi connectivity index (χ4v) is 3.66. The largest absolute Gasteiger partial charge is 0.298 e. The van der Waals surface area contributed by atoms with E-state index in [2.05, 4.69) is 20.9 Å². The molecule has 2 heterocycles. The Morgan fingerprint density at radius 2 is 2.12 bits per heavy atom. The van der Waals surface area contributed by atoms with Gasteiger partial charge >= 0.3 is 0 Å². The third kappa shape index (κ3) is 2.72. The molecule has 1 aromatic heterocycles. The third-order valence-electron chi connectivity index (χ3n) is 2.53. The molecule has 0 amide bonds. The first-order valence-corrected chi connectivity index (χ1v) is 7.36. The Bertz CT molecular complexity index is 544. The highest BCUT2D eigenvalue weighted by molar-refractivity contribution is 9.10. The molecule has 0 saturated carbocycles. The summed E-state index contributed by atoms with van der Waals surface area (Å²) in [6, 6.07) is 1.49. The molecular weight excluding hydrogens is 308 g/mol. The lowest BCUT2D eigenvalue weighted by Gasteiger charge is -2.24. The second-order valence-corrected chi connectivity index (χ2v) is 6.67. The molecule has 0 spiro atoms. The van der Waals surface area contributed by atoms with Crippen LogP contribution in [0.5, 0.6) is 0 Å². The van der Waals surface area contributed by atoms with E-state index < -0.39 is 10.0 Å². The zero-order chi connectivity index (χ0) is 12.5. The summed E-state index contributed by atoms with van der Waals surface area (Å²) in [5.74, 6) is -0.0391. The lowest BCUT2D eigenvalue weighted by molar-refractivity contribution is -0.120. The number of sulfonamides is 1. The summed E-state index contributed by atoms with van der Waals surface area (Å²) < 4.78 is 26.2. The Morgan fingerprint density at radius 1 is 1.35 bits per heavy atom. The van der Waals surface area contributed by atoms with Gasteiger partial charge in [-0.15, -0.1) is 0 Å². The summed E-state index contributed by atoms with van der Waals surface area (Å²) in [4.78, 5) is 15.2. The summed E-state index contributed by atoms with van der Waals surface area (Å²) in [6.07, 6.45) is 3.85. The fourth-order valence-electron chi connectivity index (χ4n) is 1.70. The smallest absolute Gasteiger partial charge is 0.245 e. The van der Waals surface area contributed by atoms with E-state index in [1.54, 1.807) is 0 Å². The maximum atomic E-state index is 12.2. The van der Waals surface area contributed by atoms with Crippen molar-refractivity contribution in [1.82, 2.24) is 9.29 Å². The Hall–Kier alpha value is -0.790. The number of halogens is 1. The van der Waals surface area contributed by atoms with Crippen LogP contribution in [0, 0.1) is 0 Å². The summed E-state index contributed by atoms with van der Waals surface area (Å²) in [5.41, 5.74) is 0. The van der Waals surface area contributed by atoms with Gasteiger partial charge in [0.05, 0.1) is 6.54 Å². The quantitative estimate of drug-likeness (QED) is 0.821. The SMILES string of the molecule is O=C1CCCN(S(=O)(=O)c2cncc(Br)c2)C1. The van der Waals surface area contributed by atoms with E-state index in [-0.39, 0.29) is 17.2 Å². The molecular formula is C10H11BrN2O3S. The first-order valence-electron chi connectivity index (χ1n) is 5.12. The van der Waals surface area contributed by atoms with Crippen LogP contribution in [0.3, 0.4) is 0 Å². The third-order valence-corrected chi connectivity index (χ3v) is 4.78. The minimum Gasteiger partial charge on any atom is -0.298 e.